The summed E-state index contributed by atoms with van der Waals surface area (Å²) in [6, 6.07) is 16.0. The van der Waals surface area contributed by atoms with Crippen molar-refractivity contribution in [3.8, 4) is 0 Å². The standard InChI is InChI=1S/C18H19NO2/c1-3-19(4-2)18(21)16-13-9-8-12-15(16)17(20)14-10-6-5-7-11-14/h5-13H,3-4H2,1-2H3. The van der Waals surface area contributed by atoms with Crippen molar-refractivity contribution in [2.24, 2.45) is 0 Å². The third-order valence-corrected chi connectivity index (χ3v) is 3.49. The molecule has 0 aliphatic carbocycles. The van der Waals surface area contributed by atoms with Crippen molar-refractivity contribution >= 4 is 11.7 Å². The molecule has 108 valence electrons. The van der Waals surface area contributed by atoms with Gasteiger partial charge < -0.3 is 4.90 Å². The fourth-order valence-corrected chi connectivity index (χ4v) is 2.29. The molecule has 0 atom stereocenters. The van der Waals surface area contributed by atoms with Crippen LogP contribution in [0.5, 0.6) is 0 Å². The third-order valence-electron chi connectivity index (χ3n) is 3.49. The van der Waals surface area contributed by atoms with Gasteiger partial charge in [0, 0.05) is 24.2 Å². The van der Waals surface area contributed by atoms with Gasteiger partial charge >= 0.3 is 0 Å². The summed E-state index contributed by atoms with van der Waals surface area (Å²) < 4.78 is 0. The fraction of sp³-hybridized carbons (Fsp3) is 0.222. The van der Waals surface area contributed by atoms with E-state index in [0.717, 1.165) is 0 Å². The molecule has 0 saturated heterocycles. The average Bonchev–Trinajstić information content (AvgIpc) is 2.56. The van der Waals surface area contributed by atoms with E-state index in [9.17, 15) is 9.59 Å². The number of benzene rings is 2. The molecule has 21 heavy (non-hydrogen) atoms. The molecule has 0 aromatic heterocycles. The van der Waals surface area contributed by atoms with Crippen LogP contribution in [-0.4, -0.2) is 29.7 Å². The van der Waals surface area contributed by atoms with Gasteiger partial charge in [-0.1, -0.05) is 48.5 Å². The molecule has 0 aliphatic rings. The average molecular weight is 281 g/mol. The molecule has 0 bridgehead atoms. The Morgan fingerprint density at radius 1 is 0.810 bits per heavy atom. The number of nitrogens with zero attached hydrogens (tertiary/aromatic N) is 1. The first kappa shape index (κ1) is 15.0. The quantitative estimate of drug-likeness (QED) is 0.788. The first-order valence-corrected chi connectivity index (χ1v) is 7.17. The highest BCUT2D eigenvalue weighted by atomic mass is 16.2. The van der Waals surface area contributed by atoms with E-state index in [1.54, 1.807) is 41.3 Å². The van der Waals surface area contributed by atoms with E-state index in [4.69, 9.17) is 0 Å². The summed E-state index contributed by atoms with van der Waals surface area (Å²) in [6.45, 7) is 5.12. The van der Waals surface area contributed by atoms with Gasteiger partial charge in [0.15, 0.2) is 5.78 Å². The van der Waals surface area contributed by atoms with Gasteiger partial charge in [0.1, 0.15) is 0 Å². The van der Waals surface area contributed by atoms with Gasteiger partial charge in [0.25, 0.3) is 5.91 Å². The number of rotatable bonds is 5. The van der Waals surface area contributed by atoms with Crippen molar-refractivity contribution in [3.63, 3.8) is 0 Å². The van der Waals surface area contributed by atoms with Gasteiger partial charge in [0.2, 0.25) is 0 Å². The molecule has 0 radical (unpaired) electrons. The topological polar surface area (TPSA) is 37.4 Å². The second kappa shape index (κ2) is 6.84. The monoisotopic (exact) mass is 281 g/mol. The summed E-state index contributed by atoms with van der Waals surface area (Å²) in [6.07, 6.45) is 0. The fourth-order valence-electron chi connectivity index (χ4n) is 2.29. The van der Waals surface area contributed by atoms with Crippen LogP contribution >= 0.6 is 0 Å². The van der Waals surface area contributed by atoms with Gasteiger partial charge in [-0.05, 0) is 19.9 Å². The highest BCUT2D eigenvalue weighted by molar-refractivity contribution is 6.15. The predicted molar refractivity (Wildman–Crippen MR) is 83.6 cm³/mol. The molecule has 0 aliphatic heterocycles. The molecule has 2 rings (SSSR count). The smallest absolute Gasteiger partial charge is 0.254 e. The Labute approximate surface area is 125 Å². The van der Waals surface area contributed by atoms with Crippen LogP contribution in [0.4, 0.5) is 0 Å². The SMILES string of the molecule is CCN(CC)C(=O)c1ccccc1C(=O)c1ccccc1. The van der Waals surface area contributed by atoms with E-state index in [0.29, 0.717) is 29.8 Å². The lowest BCUT2D eigenvalue weighted by Crippen LogP contribution is -2.31. The summed E-state index contributed by atoms with van der Waals surface area (Å²) in [5.41, 5.74) is 1.52. The van der Waals surface area contributed by atoms with Gasteiger partial charge in [-0.15, -0.1) is 0 Å². The molecule has 2 aromatic carbocycles. The Morgan fingerprint density at radius 2 is 1.33 bits per heavy atom. The number of ketones is 1. The van der Waals surface area contributed by atoms with Gasteiger partial charge in [0.05, 0.1) is 5.56 Å². The van der Waals surface area contributed by atoms with E-state index in [-0.39, 0.29) is 11.7 Å². The molecule has 0 heterocycles. The van der Waals surface area contributed by atoms with E-state index in [1.807, 2.05) is 32.0 Å². The van der Waals surface area contributed by atoms with Crippen LogP contribution in [-0.2, 0) is 0 Å². The maximum absolute atomic E-state index is 12.6. The largest absolute Gasteiger partial charge is 0.339 e. The number of hydrogen-bond donors (Lipinski definition) is 0. The molecular formula is C18H19NO2. The van der Waals surface area contributed by atoms with E-state index < -0.39 is 0 Å². The van der Waals surface area contributed by atoms with Crippen molar-refractivity contribution in [3.05, 3.63) is 71.3 Å². The van der Waals surface area contributed by atoms with Crippen LogP contribution in [0.25, 0.3) is 0 Å². The second-order valence-electron chi connectivity index (χ2n) is 4.72. The molecule has 0 spiro atoms. The molecule has 0 saturated carbocycles. The Balaban J connectivity index is 2.42. The summed E-state index contributed by atoms with van der Waals surface area (Å²) in [5.74, 6) is -0.216. The van der Waals surface area contributed by atoms with E-state index in [1.165, 1.54) is 0 Å². The second-order valence-corrected chi connectivity index (χ2v) is 4.72. The zero-order valence-corrected chi connectivity index (χ0v) is 12.4. The normalized spacial score (nSPS) is 10.2. The number of amides is 1. The first-order valence-electron chi connectivity index (χ1n) is 7.17. The van der Waals surface area contributed by atoms with Crippen molar-refractivity contribution in [1.82, 2.24) is 4.90 Å². The minimum Gasteiger partial charge on any atom is -0.339 e. The lowest BCUT2D eigenvalue weighted by atomic mass is 9.97. The van der Waals surface area contributed by atoms with E-state index >= 15 is 0 Å². The van der Waals surface area contributed by atoms with Crippen LogP contribution in [0.2, 0.25) is 0 Å². The molecule has 0 fully saturated rings. The van der Waals surface area contributed by atoms with Gasteiger partial charge in [-0.3, -0.25) is 9.59 Å². The van der Waals surface area contributed by atoms with Crippen LogP contribution in [0.3, 0.4) is 0 Å². The van der Waals surface area contributed by atoms with Crippen LogP contribution < -0.4 is 0 Å². The van der Waals surface area contributed by atoms with Crippen molar-refractivity contribution < 1.29 is 9.59 Å². The number of hydrogen-bond acceptors (Lipinski definition) is 2. The molecule has 1 amide bonds. The minimum absolute atomic E-state index is 0.0973. The summed E-state index contributed by atoms with van der Waals surface area (Å²) in [7, 11) is 0. The van der Waals surface area contributed by atoms with Crippen LogP contribution in [0.1, 0.15) is 40.1 Å². The maximum atomic E-state index is 12.6. The molecule has 0 N–H and O–H groups in total. The maximum Gasteiger partial charge on any atom is 0.254 e. The van der Waals surface area contributed by atoms with E-state index in [2.05, 4.69) is 0 Å². The summed E-state index contributed by atoms with van der Waals surface area (Å²) in [5, 5.41) is 0. The Bertz CT molecular complexity index is 631. The number of carbonyl (C=O) groups is 2. The highest BCUT2D eigenvalue weighted by Gasteiger charge is 2.20. The zero-order valence-electron chi connectivity index (χ0n) is 12.4. The molecular weight excluding hydrogens is 262 g/mol. The van der Waals surface area contributed by atoms with Crippen molar-refractivity contribution in [2.45, 2.75) is 13.8 Å². The first-order chi connectivity index (χ1) is 10.2. The minimum atomic E-state index is -0.119. The highest BCUT2D eigenvalue weighted by Crippen LogP contribution is 2.16. The number of carbonyl (C=O) groups excluding carboxylic acids is 2. The van der Waals surface area contributed by atoms with Crippen molar-refractivity contribution in [1.29, 1.82) is 0 Å². The third kappa shape index (κ3) is 3.19. The lowest BCUT2D eigenvalue weighted by Gasteiger charge is -2.20. The van der Waals surface area contributed by atoms with Gasteiger partial charge in [-0.25, -0.2) is 0 Å². The summed E-state index contributed by atoms with van der Waals surface area (Å²) in [4.78, 5) is 26.9. The predicted octanol–water partition coefficient (Wildman–Crippen LogP) is 3.40. The Hall–Kier alpha value is -2.42. The van der Waals surface area contributed by atoms with Crippen molar-refractivity contribution in [2.75, 3.05) is 13.1 Å². The Kier molecular flexibility index (Phi) is 4.88. The zero-order chi connectivity index (χ0) is 15.2. The van der Waals surface area contributed by atoms with Crippen LogP contribution in [0, 0.1) is 0 Å². The molecule has 0 unspecified atom stereocenters. The lowest BCUT2D eigenvalue weighted by molar-refractivity contribution is 0.0768. The van der Waals surface area contributed by atoms with Gasteiger partial charge in [-0.2, -0.15) is 0 Å². The molecule has 2 aromatic rings. The summed E-state index contributed by atoms with van der Waals surface area (Å²) >= 11 is 0. The Morgan fingerprint density at radius 3 is 1.90 bits per heavy atom. The molecule has 3 heteroatoms. The molecule has 3 nitrogen and oxygen atoms in total. The van der Waals surface area contributed by atoms with Crippen LogP contribution in [0.15, 0.2) is 54.6 Å².